The molecule has 0 fully saturated rings. The number of fused-ring (bicyclic) bond motifs is 9. The third-order valence-electron chi connectivity index (χ3n) is 10.2. The van der Waals surface area contributed by atoms with Gasteiger partial charge >= 0.3 is 6.85 Å². The van der Waals surface area contributed by atoms with Crippen LogP contribution in [0.25, 0.3) is 31.3 Å². The van der Waals surface area contributed by atoms with Crippen molar-refractivity contribution in [3.8, 4) is 11.1 Å². The fourth-order valence-electron chi connectivity index (χ4n) is 8.34. The Morgan fingerprint density at radius 2 is 1.39 bits per heavy atom. The zero-order valence-electron chi connectivity index (χ0n) is 24.9. The molecule has 0 saturated carbocycles. The Bertz CT molecular complexity index is 2350. The maximum absolute atomic E-state index is 2.63. The Morgan fingerprint density at radius 1 is 0.614 bits per heavy atom. The van der Waals surface area contributed by atoms with Gasteiger partial charge < -0.3 is 9.71 Å². The molecule has 0 bridgehead atoms. The maximum atomic E-state index is 2.63. The highest BCUT2D eigenvalue weighted by Crippen LogP contribution is 2.55. The monoisotopic (exact) mass is 580 g/mol. The summed E-state index contributed by atoms with van der Waals surface area (Å²) in [6, 6.07) is 45.7. The molecule has 0 N–H and O–H groups in total. The molecule has 0 atom stereocenters. The first-order valence-corrected chi connectivity index (χ1v) is 16.3. The minimum atomic E-state index is -0.115. The van der Waals surface area contributed by atoms with Crippen molar-refractivity contribution < 1.29 is 0 Å². The molecular formula is C40H29BN2S. The molecule has 0 unspecified atom stereocenters. The van der Waals surface area contributed by atoms with E-state index in [1.807, 2.05) is 11.3 Å². The number of nitrogens with zero attached hydrogens (tertiary/aromatic N) is 2. The topological polar surface area (TPSA) is 6.48 Å². The average Bonchev–Trinajstić information content (AvgIpc) is 3.41. The van der Waals surface area contributed by atoms with E-state index >= 15 is 0 Å². The lowest BCUT2D eigenvalue weighted by molar-refractivity contribution is 0.632. The first kappa shape index (κ1) is 24.6. The lowest BCUT2D eigenvalue weighted by atomic mass is 9.42. The van der Waals surface area contributed by atoms with Gasteiger partial charge in [-0.3, -0.25) is 0 Å². The number of rotatable bonds is 1. The van der Waals surface area contributed by atoms with Gasteiger partial charge in [0.05, 0.1) is 5.69 Å². The zero-order valence-corrected chi connectivity index (χ0v) is 25.7. The Hall–Kier alpha value is -4.80. The normalized spacial score (nSPS) is 15.2. The predicted molar refractivity (Wildman–Crippen MR) is 190 cm³/mol. The summed E-state index contributed by atoms with van der Waals surface area (Å²) in [6.07, 6.45) is 0. The van der Waals surface area contributed by atoms with Gasteiger partial charge in [-0.25, -0.2) is 0 Å². The number of benzene rings is 6. The highest BCUT2D eigenvalue weighted by molar-refractivity contribution is 7.25. The molecule has 0 amide bonds. The molecular weight excluding hydrogens is 551 g/mol. The maximum Gasteiger partial charge on any atom is 0.333 e. The molecule has 44 heavy (non-hydrogen) atoms. The van der Waals surface area contributed by atoms with Crippen LogP contribution in [-0.2, 0) is 5.41 Å². The van der Waals surface area contributed by atoms with E-state index in [4.69, 9.17) is 0 Å². The Balaban J connectivity index is 1.38. The predicted octanol–water partition coefficient (Wildman–Crippen LogP) is 9.71. The van der Waals surface area contributed by atoms with E-state index in [2.05, 4.69) is 152 Å². The van der Waals surface area contributed by atoms with Crippen LogP contribution in [-0.4, -0.2) is 6.85 Å². The van der Waals surface area contributed by atoms with Gasteiger partial charge in [0, 0.05) is 53.9 Å². The summed E-state index contributed by atoms with van der Waals surface area (Å²) in [6.45, 7) is 7.09. The SMILES string of the molecule is Cc1cc2c3c(c1)N1c4ccccc4C(C)(C)c4cccc(c41)B3N(c1ccccc1)c1cc3sc4ccccc4c3cc1-2. The van der Waals surface area contributed by atoms with Crippen LogP contribution in [0.15, 0.2) is 121 Å². The minimum absolute atomic E-state index is 0.0505. The highest BCUT2D eigenvalue weighted by atomic mass is 32.1. The standard InChI is InChI=1S/C40H29BN2S/c1-24-20-29-27-22-28-26-14-7-10-19-36(26)44-37(28)23-34(27)43(25-12-5-4-6-13-25)41-32-17-11-16-31-39(32)42(35(21-24)38(29)41)33-18-9-8-15-30(33)40(31,2)3/h4-23H,1-3H3. The smallest absolute Gasteiger partial charge is 0.333 e. The van der Waals surface area contributed by atoms with Crippen LogP contribution in [0.5, 0.6) is 0 Å². The molecule has 0 aliphatic carbocycles. The first-order valence-electron chi connectivity index (χ1n) is 15.5. The van der Waals surface area contributed by atoms with Crippen LogP contribution < -0.4 is 20.6 Å². The number of aryl methyl sites for hydroxylation is 1. The molecule has 4 heterocycles. The number of hydrogen-bond acceptors (Lipinski definition) is 3. The van der Waals surface area contributed by atoms with E-state index < -0.39 is 0 Å². The van der Waals surface area contributed by atoms with Crippen LogP contribution in [0, 0.1) is 6.92 Å². The summed E-state index contributed by atoms with van der Waals surface area (Å²) < 4.78 is 2.68. The molecule has 2 nitrogen and oxygen atoms in total. The van der Waals surface area contributed by atoms with Crippen LogP contribution in [0.4, 0.5) is 28.4 Å². The van der Waals surface area contributed by atoms with Gasteiger partial charge in [-0.15, -0.1) is 11.3 Å². The van der Waals surface area contributed by atoms with Gasteiger partial charge in [-0.1, -0.05) is 92.7 Å². The van der Waals surface area contributed by atoms with Gasteiger partial charge in [0.1, 0.15) is 0 Å². The Morgan fingerprint density at radius 3 is 2.27 bits per heavy atom. The molecule has 0 radical (unpaired) electrons. The van der Waals surface area contributed by atoms with Crippen molar-refractivity contribution in [1.82, 2.24) is 0 Å². The van der Waals surface area contributed by atoms with Crippen molar-refractivity contribution in [2.75, 3.05) is 9.71 Å². The van der Waals surface area contributed by atoms with Crippen LogP contribution >= 0.6 is 11.3 Å². The summed E-state index contributed by atoms with van der Waals surface area (Å²) in [5.74, 6) is 0. The largest absolute Gasteiger partial charge is 0.376 e. The molecule has 10 rings (SSSR count). The number of para-hydroxylation sites is 3. The summed E-state index contributed by atoms with van der Waals surface area (Å²) in [4.78, 5) is 5.21. The second kappa shape index (κ2) is 8.43. The molecule has 1 aromatic heterocycles. The van der Waals surface area contributed by atoms with E-state index in [1.165, 1.54) is 87.4 Å². The molecule has 3 aliphatic rings. The summed E-state index contributed by atoms with van der Waals surface area (Å²) in [7, 11) is 0. The van der Waals surface area contributed by atoms with Crippen molar-refractivity contribution in [2.45, 2.75) is 26.2 Å². The van der Waals surface area contributed by atoms with Crippen molar-refractivity contribution in [2.24, 2.45) is 0 Å². The van der Waals surface area contributed by atoms with Gasteiger partial charge in [-0.2, -0.15) is 0 Å². The summed E-state index contributed by atoms with van der Waals surface area (Å²) >= 11 is 1.90. The number of hydrogen-bond donors (Lipinski definition) is 0. The molecule has 208 valence electrons. The second-order valence-electron chi connectivity index (χ2n) is 13.0. The zero-order chi connectivity index (χ0) is 29.3. The van der Waals surface area contributed by atoms with E-state index in [1.54, 1.807) is 0 Å². The van der Waals surface area contributed by atoms with Crippen molar-refractivity contribution in [1.29, 1.82) is 0 Å². The highest BCUT2D eigenvalue weighted by Gasteiger charge is 2.49. The molecule has 0 saturated heterocycles. The van der Waals surface area contributed by atoms with Crippen LogP contribution in [0.1, 0.15) is 30.5 Å². The quantitative estimate of drug-likeness (QED) is 0.178. The minimum Gasteiger partial charge on any atom is -0.376 e. The lowest BCUT2D eigenvalue weighted by Gasteiger charge is -2.50. The Labute approximate surface area is 261 Å². The van der Waals surface area contributed by atoms with Crippen molar-refractivity contribution >= 4 is 77.7 Å². The average molecular weight is 581 g/mol. The summed E-state index contributed by atoms with van der Waals surface area (Å²) in [5.41, 5.74) is 15.8. The molecule has 4 heteroatoms. The fraction of sp³-hybridized carbons (Fsp3) is 0.100. The molecule has 6 aromatic carbocycles. The van der Waals surface area contributed by atoms with Gasteiger partial charge in [0.2, 0.25) is 0 Å². The van der Waals surface area contributed by atoms with Crippen LogP contribution in [0.3, 0.4) is 0 Å². The van der Waals surface area contributed by atoms with Gasteiger partial charge in [0.25, 0.3) is 0 Å². The van der Waals surface area contributed by atoms with E-state index in [9.17, 15) is 0 Å². The van der Waals surface area contributed by atoms with Crippen molar-refractivity contribution in [3.63, 3.8) is 0 Å². The van der Waals surface area contributed by atoms with Gasteiger partial charge in [-0.05, 0) is 82.6 Å². The summed E-state index contributed by atoms with van der Waals surface area (Å²) in [5, 5.41) is 2.68. The number of anilines is 5. The van der Waals surface area contributed by atoms with E-state index in [-0.39, 0.29) is 12.3 Å². The first-order chi connectivity index (χ1) is 21.5. The van der Waals surface area contributed by atoms with Crippen LogP contribution in [0.2, 0.25) is 0 Å². The molecule has 7 aromatic rings. The van der Waals surface area contributed by atoms with Crippen molar-refractivity contribution in [3.05, 3.63) is 138 Å². The molecule has 0 spiro atoms. The van der Waals surface area contributed by atoms with Gasteiger partial charge in [0.15, 0.2) is 0 Å². The molecule has 3 aliphatic heterocycles. The second-order valence-corrected chi connectivity index (χ2v) is 14.1. The third kappa shape index (κ3) is 3.01. The fourth-order valence-corrected chi connectivity index (χ4v) is 9.46. The Kier molecular flexibility index (Phi) is 4.72. The number of thiophene rings is 1. The lowest BCUT2D eigenvalue weighted by Crippen LogP contribution is -2.62. The van der Waals surface area contributed by atoms with E-state index in [0.717, 1.165) is 0 Å². The van der Waals surface area contributed by atoms with E-state index in [0.29, 0.717) is 0 Å². The third-order valence-corrected chi connectivity index (χ3v) is 11.4.